The molecule has 2 atom stereocenters. The second-order valence-electron chi connectivity index (χ2n) is 4.96. The van der Waals surface area contributed by atoms with Crippen molar-refractivity contribution in [2.45, 2.75) is 25.9 Å². The highest BCUT2D eigenvalue weighted by Crippen LogP contribution is 2.15. The molecular formula is C14H21N3O2. The second-order valence-corrected chi connectivity index (χ2v) is 4.96. The predicted octanol–water partition coefficient (Wildman–Crippen LogP) is 1.96. The van der Waals surface area contributed by atoms with Crippen molar-refractivity contribution in [1.82, 2.24) is 4.90 Å². The summed E-state index contributed by atoms with van der Waals surface area (Å²) in [6.45, 7) is 5.74. The fraction of sp³-hybridized carbons (Fsp3) is 0.500. The monoisotopic (exact) mass is 263 g/mol. The van der Waals surface area contributed by atoms with E-state index in [2.05, 4.69) is 5.32 Å². The van der Waals surface area contributed by atoms with Crippen molar-refractivity contribution in [1.29, 1.82) is 0 Å². The third kappa shape index (κ3) is 3.45. The summed E-state index contributed by atoms with van der Waals surface area (Å²) in [6, 6.07) is 7.65. The van der Waals surface area contributed by atoms with Crippen LogP contribution in [0.25, 0.3) is 0 Å². The van der Waals surface area contributed by atoms with Crippen LogP contribution in [-0.4, -0.2) is 36.7 Å². The van der Waals surface area contributed by atoms with Gasteiger partial charge in [-0.2, -0.15) is 0 Å². The maximum atomic E-state index is 12.1. The maximum Gasteiger partial charge on any atom is 0.322 e. The van der Waals surface area contributed by atoms with Gasteiger partial charge in [0.05, 0.1) is 19.3 Å². The highest BCUT2D eigenvalue weighted by molar-refractivity contribution is 5.89. The molecular weight excluding hydrogens is 242 g/mol. The van der Waals surface area contributed by atoms with Crippen LogP contribution in [0.2, 0.25) is 0 Å². The second kappa shape index (κ2) is 6.04. The molecule has 1 saturated heterocycles. The lowest BCUT2D eigenvalue weighted by Gasteiger charge is -2.33. The van der Waals surface area contributed by atoms with Gasteiger partial charge in [0, 0.05) is 18.3 Å². The van der Waals surface area contributed by atoms with Crippen LogP contribution in [0.3, 0.4) is 0 Å². The Hall–Kier alpha value is -1.59. The van der Waals surface area contributed by atoms with Crippen molar-refractivity contribution >= 4 is 11.7 Å². The standard InChI is InChI=1S/C14H21N3O2/c1-10-9-19-8-7-17(10)14(18)16-13-5-3-12(4-6-13)11(2)15/h3-6,10-11H,7-9,15H2,1-2H3,(H,16,18). The zero-order valence-corrected chi connectivity index (χ0v) is 11.4. The number of carbonyl (C=O) groups excluding carboxylic acids is 1. The van der Waals surface area contributed by atoms with Gasteiger partial charge >= 0.3 is 6.03 Å². The number of amides is 2. The normalized spacial score (nSPS) is 21.0. The van der Waals surface area contributed by atoms with E-state index in [0.29, 0.717) is 19.8 Å². The van der Waals surface area contributed by atoms with Crippen LogP contribution in [0, 0.1) is 0 Å². The van der Waals surface area contributed by atoms with Gasteiger partial charge in [0.15, 0.2) is 0 Å². The van der Waals surface area contributed by atoms with Crippen molar-refractivity contribution in [3.63, 3.8) is 0 Å². The summed E-state index contributed by atoms with van der Waals surface area (Å²) in [5.74, 6) is 0. The summed E-state index contributed by atoms with van der Waals surface area (Å²) < 4.78 is 5.32. The first-order valence-corrected chi connectivity index (χ1v) is 6.59. The Bertz CT molecular complexity index is 431. The van der Waals surface area contributed by atoms with Gasteiger partial charge in [0.2, 0.25) is 0 Å². The molecule has 5 nitrogen and oxygen atoms in total. The quantitative estimate of drug-likeness (QED) is 0.857. The van der Waals surface area contributed by atoms with Crippen molar-refractivity contribution < 1.29 is 9.53 Å². The Balaban J connectivity index is 1.98. The molecule has 1 fully saturated rings. The Kier molecular flexibility index (Phi) is 4.39. The number of anilines is 1. The van der Waals surface area contributed by atoms with Crippen LogP contribution in [0.5, 0.6) is 0 Å². The molecule has 0 radical (unpaired) electrons. The van der Waals surface area contributed by atoms with Crippen LogP contribution in [-0.2, 0) is 4.74 Å². The molecule has 1 heterocycles. The molecule has 0 aromatic heterocycles. The number of hydrogen-bond acceptors (Lipinski definition) is 3. The lowest BCUT2D eigenvalue weighted by Crippen LogP contribution is -2.48. The fourth-order valence-corrected chi connectivity index (χ4v) is 2.09. The first kappa shape index (κ1) is 13.8. The Morgan fingerprint density at radius 1 is 1.47 bits per heavy atom. The van der Waals surface area contributed by atoms with E-state index < -0.39 is 0 Å². The topological polar surface area (TPSA) is 67.6 Å². The highest BCUT2D eigenvalue weighted by Gasteiger charge is 2.23. The number of nitrogens with two attached hydrogens (primary N) is 1. The molecule has 104 valence electrons. The summed E-state index contributed by atoms with van der Waals surface area (Å²) in [5.41, 5.74) is 7.63. The van der Waals surface area contributed by atoms with Crippen molar-refractivity contribution in [2.24, 2.45) is 5.73 Å². The van der Waals surface area contributed by atoms with E-state index in [4.69, 9.17) is 10.5 Å². The Morgan fingerprint density at radius 2 is 2.16 bits per heavy atom. The molecule has 2 unspecified atom stereocenters. The van der Waals surface area contributed by atoms with Crippen LogP contribution >= 0.6 is 0 Å². The minimum Gasteiger partial charge on any atom is -0.377 e. The molecule has 19 heavy (non-hydrogen) atoms. The molecule has 0 bridgehead atoms. The number of benzene rings is 1. The van der Waals surface area contributed by atoms with E-state index in [1.807, 2.05) is 38.1 Å². The molecule has 0 spiro atoms. The highest BCUT2D eigenvalue weighted by atomic mass is 16.5. The van der Waals surface area contributed by atoms with Crippen molar-refractivity contribution in [3.8, 4) is 0 Å². The third-order valence-electron chi connectivity index (χ3n) is 3.32. The van der Waals surface area contributed by atoms with Gasteiger partial charge in [-0.1, -0.05) is 12.1 Å². The largest absolute Gasteiger partial charge is 0.377 e. The Morgan fingerprint density at radius 3 is 2.74 bits per heavy atom. The molecule has 1 aliphatic heterocycles. The van der Waals surface area contributed by atoms with E-state index in [-0.39, 0.29) is 18.1 Å². The zero-order valence-electron chi connectivity index (χ0n) is 11.4. The van der Waals surface area contributed by atoms with E-state index in [9.17, 15) is 4.79 Å². The van der Waals surface area contributed by atoms with E-state index in [1.165, 1.54) is 0 Å². The van der Waals surface area contributed by atoms with Crippen LogP contribution in [0.15, 0.2) is 24.3 Å². The van der Waals surface area contributed by atoms with E-state index >= 15 is 0 Å². The lowest BCUT2D eigenvalue weighted by molar-refractivity contribution is 0.0222. The average Bonchev–Trinajstić information content (AvgIpc) is 2.39. The Labute approximate surface area is 113 Å². The van der Waals surface area contributed by atoms with Crippen molar-refractivity contribution in [3.05, 3.63) is 29.8 Å². The number of ether oxygens (including phenoxy) is 1. The van der Waals surface area contributed by atoms with E-state index in [0.717, 1.165) is 11.3 Å². The van der Waals surface area contributed by atoms with Gasteiger partial charge in [-0.15, -0.1) is 0 Å². The summed E-state index contributed by atoms with van der Waals surface area (Å²) in [6.07, 6.45) is 0. The van der Waals surface area contributed by atoms with Crippen LogP contribution in [0.1, 0.15) is 25.5 Å². The smallest absolute Gasteiger partial charge is 0.322 e. The summed E-state index contributed by atoms with van der Waals surface area (Å²) in [4.78, 5) is 13.9. The molecule has 1 aliphatic rings. The lowest BCUT2D eigenvalue weighted by atomic mass is 10.1. The number of morpholine rings is 1. The van der Waals surface area contributed by atoms with Gasteiger partial charge in [-0.25, -0.2) is 4.79 Å². The first-order chi connectivity index (χ1) is 9.08. The predicted molar refractivity (Wildman–Crippen MR) is 75.1 cm³/mol. The van der Waals surface area contributed by atoms with Crippen LogP contribution < -0.4 is 11.1 Å². The SMILES string of the molecule is CC(N)c1ccc(NC(=O)N2CCOCC2C)cc1. The summed E-state index contributed by atoms with van der Waals surface area (Å²) in [7, 11) is 0. The fourth-order valence-electron chi connectivity index (χ4n) is 2.09. The zero-order chi connectivity index (χ0) is 13.8. The molecule has 2 amide bonds. The van der Waals surface area contributed by atoms with E-state index in [1.54, 1.807) is 4.90 Å². The number of carbonyl (C=O) groups is 1. The summed E-state index contributed by atoms with van der Waals surface area (Å²) in [5, 5.41) is 2.90. The van der Waals surface area contributed by atoms with Gasteiger partial charge in [-0.3, -0.25) is 0 Å². The number of urea groups is 1. The number of hydrogen-bond donors (Lipinski definition) is 2. The molecule has 0 saturated carbocycles. The molecule has 0 aliphatic carbocycles. The van der Waals surface area contributed by atoms with Gasteiger partial charge < -0.3 is 20.7 Å². The average molecular weight is 263 g/mol. The molecule has 1 aromatic rings. The molecule has 2 rings (SSSR count). The molecule has 1 aromatic carbocycles. The third-order valence-corrected chi connectivity index (χ3v) is 3.32. The molecule has 3 N–H and O–H groups in total. The maximum absolute atomic E-state index is 12.1. The van der Waals surface area contributed by atoms with Gasteiger partial charge in [0.25, 0.3) is 0 Å². The minimum atomic E-state index is -0.0793. The summed E-state index contributed by atoms with van der Waals surface area (Å²) >= 11 is 0. The van der Waals surface area contributed by atoms with Crippen LogP contribution in [0.4, 0.5) is 10.5 Å². The first-order valence-electron chi connectivity index (χ1n) is 6.59. The van der Waals surface area contributed by atoms with Crippen molar-refractivity contribution in [2.75, 3.05) is 25.1 Å². The molecule has 5 heteroatoms. The minimum absolute atomic E-state index is 0.00372. The number of nitrogens with one attached hydrogen (secondary N) is 1. The van der Waals surface area contributed by atoms with Gasteiger partial charge in [-0.05, 0) is 31.5 Å². The number of rotatable bonds is 2. The number of nitrogens with zero attached hydrogens (tertiary/aromatic N) is 1. The van der Waals surface area contributed by atoms with Gasteiger partial charge in [0.1, 0.15) is 0 Å².